The Morgan fingerprint density at radius 2 is 2.18 bits per heavy atom. The molecule has 98 valence electrons. The van der Waals surface area contributed by atoms with Crippen LogP contribution in [0.5, 0.6) is 0 Å². The number of aliphatic hydroxyl groups is 1. The molecule has 0 aliphatic carbocycles. The molecule has 0 radical (unpaired) electrons. The summed E-state index contributed by atoms with van der Waals surface area (Å²) in [5, 5.41) is 15.5. The van der Waals surface area contributed by atoms with Crippen LogP contribution in [0.15, 0.2) is 6.20 Å². The molecule has 0 saturated heterocycles. The van der Waals surface area contributed by atoms with Gasteiger partial charge in [0.25, 0.3) is 0 Å². The quantitative estimate of drug-likeness (QED) is 0.820. The molecule has 1 rings (SSSR count). The summed E-state index contributed by atoms with van der Waals surface area (Å²) in [7, 11) is 1.76. The molecule has 1 unspecified atom stereocenters. The predicted molar refractivity (Wildman–Crippen MR) is 56.4 cm³/mol. The van der Waals surface area contributed by atoms with Crippen molar-refractivity contribution in [1.29, 1.82) is 0 Å². The van der Waals surface area contributed by atoms with E-state index in [-0.39, 0.29) is 6.54 Å². The molecule has 0 saturated carbocycles. The second-order valence-electron chi connectivity index (χ2n) is 3.82. The number of aromatic nitrogens is 2. The van der Waals surface area contributed by atoms with Crippen molar-refractivity contribution < 1.29 is 18.3 Å². The number of aryl methyl sites for hydroxylation is 2. The van der Waals surface area contributed by atoms with Gasteiger partial charge in [0.05, 0.1) is 5.69 Å². The van der Waals surface area contributed by atoms with Crippen LogP contribution in [0.25, 0.3) is 0 Å². The van der Waals surface area contributed by atoms with Crippen LogP contribution in [-0.4, -0.2) is 33.7 Å². The van der Waals surface area contributed by atoms with Crippen LogP contribution in [0.1, 0.15) is 18.2 Å². The molecule has 1 aromatic rings. The predicted octanol–water partition coefficient (Wildman–Crippen LogP) is 0.995. The second-order valence-corrected chi connectivity index (χ2v) is 3.82. The zero-order valence-electron chi connectivity index (χ0n) is 9.75. The molecule has 0 fully saturated rings. The van der Waals surface area contributed by atoms with Crippen molar-refractivity contribution in [2.75, 3.05) is 6.54 Å². The Morgan fingerprint density at radius 3 is 2.71 bits per heavy atom. The van der Waals surface area contributed by atoms with Gasteiger partial charge in [-0.25, -0.2) is 0 Å². The van der Waals surface area contributed by atoms with Gasteiger partial charge in [0.15, 0.2) is 6.10 Å². The Labute approximate surface area is 97.4 Å². The average Bonchev–Trinajstić information content (AvgIpc) is 2.57. The molecule has 4 nitrogen and oxygen atoms in total. The van der Waals surface area contributed by atoms with Gasteiger partial charge in [-0.2, -0.15) is 18.3 Å². The maximum absolute atomic E-state index is 12.0. The van der Waals surface area contributed by atoms with Crippen LogP contribution in [0.4, 0.5) is 13.2 Å². The minimum atomic E-state index is -4.57. The van der Waals surface area contributed by atoms with Gasteiger partial charge < -0.3 is 10.4 Å². The molecule has 17 heavy (non-hydrogen) atoms. The van der Waals surface area contributed by atoms with Gasteiger partial charge in [0, 0.05) is 31.9 Å². The summed E-state index contributed by atoms with van der Waals surface area (Å²) in [5.41, 5.74) is 1.70. The van der Waals surface area contributed by atoms with Gasteiger partial charge in [-0.05, 0) is 6.42 Å². The minimum Gasteiger partial charge on any atom is -0.382 e. The van der Waals surface area contributed by atoms with E-state index in [9.17, 15) is 13.2 Å². The summed E-state index contributed by atoms with van der Waals surface area (Å²) in [5.74, 6) is 0. The van der Waals surface area contributed by atoms with E-state index in [1.807, 2.05) is 6.92 Å². The second kappa shape index (κ2) is 5.50. The van der Waals surface area contributed by atoms with Crippen molar-refractivity contribution in [3.05, 3.63) is 17.5 Å². The Bertz CT molecular complexity index is 362. The summed E-state index contributed by atoms with van der Waals surface area (Å²) >= 11 is 0. The lowest BCUT2D eigenvalue weighted by atomic mass is 10.2. The zero-order valence-corrected chi connectivity index (χ0v) is 9.75. The average molecular weight is 251 g/mol. The number of nitrogens with one attached hydrogen (secondary N) is 1. The van der Waals surface area contributed by atoms with Crippen molar-refractivity contribution in [2.45, 2.75) is 32.2 Å². The largest absolute Gasteiger partial charge is 0.415 e. The summed E-state index contributed by atoms with van der Waals surface area (Å²) in [6.07, 6.45) is -4.43. The summed E-state index contributed by atoms with van der Waals surface area (Å²) in [4.78, 5) is 0. The number of rotatable bonds is 5. The maximum atomic E-state index is 12.0. The summed E-state index contributed by atoms with van der Waals surface area (Å²) < 4.78 is 37.7. The fraction of sp³-hybridized carbons (Fsp3) is 0.700. The summed E-state index contributed by atoms with van der Waals surface area (Å²) in [6, 6.07) is 0. The van der Waals surface area contributed by atoms with Crippen LogP contribution in [-0.2, 0) is 20.0 Å². The molecule has 1 atom stereocenters. The molecule has 0 aliphatic rings. The van der Waals surface area contributed by atoms with Crippen LogP contribution in [0.2, 0.25) is 0 Å². The van der Waals surface area contributed by atoms with Crippen molar-refractivity contribution in [3.63, 3.8) is 0 Å². The van der Waals surface area contributed by atoms with Gasteiger partial charge in [0.2, 0.25) is 0 Å². The van der Waals surface area contributed by atoms with E-state index in [1.54, 1.807) is 17.9 Å². The van der Waals surface area contributed by atoms with Gasteiger partial charge in [-0.15, -0.1) is 0 Å². The number of nitrogens with zero attached hydrogens (tertiary/aromatic N) is 2. The van der Waals surface area contributed by atoms with Crippen LogP contribution in [0.3, 0.4) is 0 Å². The fourth-order valence-electron chi connectivity index (χ4n) is 1.49. The lowest BCUT2D eigenvalue weighted by molar-refractivity contribution is -0.201. The first kappa shape index (κ1) is 14.0. The molecule has 1 heterocycles. The third kappa shape index (κ3) is 4.01. The highest BCUT2D eigenvalue weighted by atomic mass is 19.4. The first-order valence-electron chi connectivity index (χ1n) is 5.31. The molecular weight excluding hydrogens is 235 g/mol. The van der Waals surface area contributed by atoms with Crippen molar-refractivity contribution in [1.82, 2.24) is 15.1 Å². The minimum absolute atomic E-state index is 0.268. The third-order valence-corrected chi connectivity index (χ3v) is 2.36. The molecule has 1 aromatic heterocycles. The number of halogens is 3. The molecule has 0 aromatic carbocycles. The van der Waals surface area contributed by atoms with Crippen LogP contribution < -0.4 is 5.32 Å². The highest BCUT2D eigenvalue weighted by Crippen LogP contribution is 2.19. The SMILES string of the molecule is CCc1nn(C)cc1CNCC(O)C(F)(F)F. The van der Waals surface area contributed by atoms with E-state index < -0.39 is 18.8 Å². The Morgan fingerprint density at radius 1 is 1.53 bits per heavy atom. The highest BCUT2D eigenvalue weighted by Gasteiger charge is 2.37. The van der Waals surface area contributed by atoms with Crippen LogP contribution >= 0.6 is 0 Å². The lowest BCUT2D eigenvalue weighted by Crippen LogP contribution is -2.38. The fourth-order valence-corrected chi connectivity index (χ4v) is 1.49. The number of hydrogen-bond acceptors (Lipinski definition) is 3. The zero-order chi connectivity index (χ0) is 13.1. The molecule has 0 aliphatic heterocycles. The van der Waals surface area contributed by atoms with Crippen LogP contribution in [0, 0.1) is 0 Å². The lowest BCUT2D eigenvalue weighted by Gasteiger charge is -2.14. The van der Waals surface area contributed by atoms with Crippen molar-refractivity contribution in [2.24, 2.45) is 7.05 Å². The summed E-state index contributed by atoms with van der Waals surface area (Å²) in [6.45, 7) is 1.68. The first-order valence-corrected chi connectivity index (χ1v) is 5.31. The molecule has 0 spiro atoms. The normalized spacial score (nSPS) is 14.0. The van der Waals surface area contributed by atoms with E-state index in [0.717, 1.165) is 17.7 Å². The monoisotopic (exact) mass is 251 g/mol. The van der Waals surface area contributed by atoms with E-state index in [2.05, 4.69) is 10.4 Å². The van der Waals surface area contributed by atoms with E-state index in [0.29, 0.717) is 0 Å². The number of aliphatic hydroxyl groups excluding tert-OH is 1. The first-order chi connectivity index (χ1) is 7.84. The third-order valence-electron chi connectivity index (χ3n) is 2.36. The molecular formula is C10H16F3N3O. The molecule has 7 heteroatoms. The molecule has 0 bridgehead atoms. The van der Waals surface area contributed by atoms with Gasteiger partial charge >= 0.3 is 6.18 Å². The standard InChI is InChI=1S/C10H16F3N3O/c1-3-8-7(6-16(2)15-8)4-14-5-9(17)10(11,12)13/h6,9,14,17H,3-5H2,1-2H3. The van der Waals surface area contributed by atoms with E-state index >= 15 is 0 Å². The molecule has 0 amide bonds. The van der Waals surface area contributed by atoms with Crippen molar-refractivity contribution in [3.8, 4) is 0 Å². The molecule has 2 N–H and O–H groups in total. The van der Waals surface area contributed by atoms with Crippen molar-refractivity contribution >= 4 is 0 Å². The van der Waals surface area contributed by atoms with E-state index in [1.165, 1.54) is 0 Å². The van der Waals surface area contributed by atoms with E-state index in [4.69, 9.17) is 5.11 Å². The smallest absolute Gasteiger partial charge is 0.382 e. The Balaban J connectivity index is 2.46. The van der Waals surface area contributed by atoms with Gasteiger partial charge in [0.1, 0.15) is 0 Å². The number of alkyl halides is 3. The van der Waals surface area contributed by atoms with Gasteiger partial charge in [-0.1, -0.05) is 6.92 Å². The topological polar surface area (TPSA) is 50.1 Å². The van der Waals surface area contributed by atoms with Gasteiger partial charge in [-0.3, -0.25) is 4.68 Å². The number of hydrogen-bond donors (Lipinski definition) is 2. The Kier molecular flexibility index (Phi) is 4.53. The maximum Gasteiger partial charge on any atom is 0.415 e. The Hall–Kier alpha value is -1.08. The highest BCUT2D eigenvalue weighted by molar-refractivity contribution is 5.16.